The van der Waals surface area contributed by atoms with Gasteiger partial charge in [-0.2, -0.15) is 10.4 Å². The van der Waals surface area contributed by atoms with Gasteiger partial charge in [0.1, 0.15) is 23.3 Å². The number of rotatable bonds is 6. The Balaban J connectivity index is 0.00000300. The Morgan fingerprint density at radius 2 is 1.86 bits per heavy atom. The van der Waals surface area contributed by atoms with Crippen LogP contribution in [0.4, 0.5) is 15.9 Å². The van der Waals surface area contributed by atoms with Gasteiger partial charge in [0.2, 0.25) is 0 Å². The second kappa shape index (κ2) is 10.4. The molecule has 0 fully saturated rings. The number of nitrogens with one attached hydrogen (secondary N) is 1. The fourth-order valence-electron chi connectivity index (χ4n) is 2.71. The molecule has 0 spiro atoms. The normalized spacial score (nSPS) is 10.8. The molecule has 0 saturated carbocycles. The molecule has 3 aromatic rings. The number of nitriles is 1. The number of halogens is 2. The maximum absolute atomic E-state index is 13.1. The lowest BCUT2D eigenvalue weighted by molar-refractivity contribution is 0.627. The van der Waals surface area contributed by atoms with E-state index in [4.69, 9.17) is 11.5 Å². The Morgan fingerprint density at radius 3 is 2.52 bits per heavy atom. The molecule has 1 heterocycles. The zero-order valence-electron chi connectivity index (χ0n) is 15.5. The van der Waals surface area contributed by atoms with Gasteiger partial charge >= 0.3 is 0 Å². The summed E-state index contributed by atoms with van der Waals surface area (Å²) < 4.78 is 14.6. The number of nitrogens with two attached hydrogens (primary N) is 2. The number of nitrogen functional groups attached to an aromatic ring is 1. The number of nitrogens with zero attached hydrogens (tertiary/aromatic N) is 4. The average Bonchev–Trinajstić information content (AvgIpc) is 3.02. The highest BCUT2D eigenvalue weighted by Gasteiger charge is 2.16. The predicted molar refractivity (Wildman–Crippen MR) is 123 cm³/mol. The van der Waals surface area contributed by atoms with Gasteiger partial charge in [-0.25, -0.2) is 9.07 Å². The number of anilines is 2. The Morgan fingerprint density at radius 1 is 1.17 bits per heavy atom. The summed E-state index contributed by atoms with van der Waals surface area (Å²) in [6.45, 7) is 0.472. The monoisotopic (exact) mass is 505 g/mol. The molecule has 150 valence electrons. The molecule has 9 heteroatoms. The van der Waals surface area contributed by atoms with Crippen molar-refractivity contribution in [3.8, 4) is 11.8 Å². The molecule has 1 aromatic heterocycles. The summed E-state index contributed by atoms with van der Waals surface area (Å²) in [6.07, 6.45) is 1.16. The summed E-state index contributed by atoms with van der Waals surface area (Å²) in [6, 6.07) is 17.4. The van der Waals surface area contributed by atoms with Crippen molar-refractivity contribution < 1.29 is 4.39 Å². The number of aromatic nitrogens is 2. The van der Waals surface area contributed by atoms with Crippen molar-refractivity contribution in [2.45, 2.75) is 12.8 Å². The number of benzene rings is 2. The Bertz CT molecular complexity index is 1010. The van der Waals surface area contributed by atoms with Crippen molar-refractivity contribution >= 4 is 41.4 Å². The first-order valence-electron chi connectivity index (χ1n) is 8.74. The molecule has 0 aliphatic heterocycles. The molecule has 0 amide bonds. The minimum absolute atomic E-state index is 0. The van der Waals surface area contributed by atoms with Gasteiger partial charge in [-0.1, -0.05) is 18.2 Å². The second-order valence-electron chi connectivity index (χ2n) is 6.07. The standard InChI is InChI=1S/C20H20FN7.HI/c21-14-8-10-16(11-9-14)28-19(23)17(13-22)18(27-28)7-4-12-25-20(24)26-15-5-2-1-3-6-15;/h1-3,5-6,8-11H,4,7,12,23H2,(H3,24,25,26);1H. The molecule has 0 bridgehead atoms. The summed E-state index contributed by atoms with van der Waals surface area (Å²) in [5.41, 5.74) is 14.3. The lowest BCUT2D eigenvalue weighted by atomic mass is 10.1. The van der Waals surface area contributed by atoms with E-state index < -0.39 is 0 Å². The fourth-order valence-corrected chi connectivity index (χ4v) is 2.71. The van der Waals surface area contributed by atoms with Crippen LogP contribution in [0.5, 0.6) is 0 Å². The van der Waals surface area contributed by atoms with E-state index >= 15 is 0 Å². The molecule has 3 rings (SSSR count). The van der Waals surface area contributed by atoms with E-state index in [1.54, 1.807) is 12.1 Å². The first kappa shape index (κ1) is 22.2. The Labute approximate surface area is 185 Å². The van der Waals surface area contributed by atoms with E-state index in [-0.39, 0.29) is 35.6 Å². The van der Waals surface area contributed by atoms with E-state index in [0.29, 0.717) is 42.3 Å². The molecule has 0 aliphatic carbocycles. The highest BCUT2D eigenvalue weighted by atomic mass is 127. The average molecular weight is 505 g/mol. The van der Waals surface area contributed by atoms with Crippen LogP contribution in [0.2, 0.25) is 0 Å². The molecule has 29 heavy (non-hydrogen) atoms. The van der Waals surface area contributed by atoms with Gasteiger partial charge in [-0.05, 0) is 49.2 Å². The molecule has 0 aliphatic rings. The highest BCUT2D eigenvalue weighted by molar-refractivity contribution is 14.0. The summed E-state index contributed by atoms with van der Waals surface area (Å²) >= 11 is 0. The lowest BCUT2D eigenvalue weighted by Gasteiger charge is -2.04. The van der Waals surface area contributed by atoms with Gasteiger partial charge in [0.05, 0.1) is 11.4 Å². The quantitative estimate of drug-likeness (QED) is 0.205. The summed E-state index contributed by atoms with van der Waals surface area (Å²) in [5, 5.41) is 16.8. The van der Waals surface area contributed by atoms with Gasteiger partial charge in [-0.3, -0.25) is 4.99 Å². The van der Waals surface area contributed by atoms with Gasteiger partial charge in [0.15, 0.2) is 5.96 Å². The molecular weight excluding hydrogens is 484 g/mol. The van der Waals surface area contributed by atoms with E-state index in [1.165, 1.54) is 16.8 Å². The van der Waals surface area contributed by atoms with Gasteiger partial charge in [0.25, 0.3) is 0 Å². The van der Waals surface area contributed by atoms with Crippen molar-refractivity contribution in [1.82, 2.24) is 9.78 Å². The highest BCUT2D eigenvalue weighted by Crippen LogP contribution is 2.21. The van der Waals surface area contributed by atoms with Crippen molar-refractivity contribution in [3.63, 3.8) is 0 Å². The largest absolute Gasteiger partial charge is 0.382 e. The number of para-hydroxylation sites is 1. The molecule has 2 aromatic carbocycles. The van der Waals surface area contributed by atoms with Crippen LogP contribution in [0.1, 0.15) is 17.7 Å². The fraction of sp³-hybridized carbons (Fsp3) is 0.150. The van der Waals surface area contributed by atoms with Crippen LogP contribution in [0.15, 0.2) is 59.6 Å². The number of hydrogen-bond donors (Lipinski definition) is 3. The van der Waals surface area contributed by atoms with Gasteiger partial charge < -0.3 is 16.8 Å². The van der Waals surface area contributed by atoms with Crippen LogP contribution in [0.25, 0.3) is 5.69 Å². The first-order valence-corrected chi connectivity index (χ1v) is 8.74. The predicted octanol–water partition coefficient (Wildman–Crippen LogP) is 3.44. The maximum Gasteiger partial charge on any atom is 0.193 e. The van der Waals surface area contributed by atoms with Crippen LogP contribution >= 0.6 is 24.0 Å². The van der Waals surface area contributed by atoms with Crippen LogP contribution < -0.4 is 16.8 Å². The zero-order chi connectivity index (χ0) is 19.9. The molecule has 0 radical (unpaired) electrons. The van der Waals surface area contributed by atoms with Gasteiger partial charge in [0, 0.05) is 12.2 Å². The van der Waals surface area contributed by atoms with Crippen molar-refractivity contribution in [2.24, 2.45) is 10.7 Å². The van der Waals surface area contributed by atoms with Crippen LogP contribution in [0, 0.1) is 17.1 Å². The summed E-state index contributed by atoms with van der Waals surface area (Å²) in [5.74, 6) is 0.204. The smallest absolute Gasteiger partial charge is 0.193 e. The van der Waals surface area contributed by atoms with Crippen molar-refractivity contribution in [3.05, 3.63) is 71.7 Å². The SMILES string of the molecule is I.N#Cc1c(CCCN=C(N)Nc2ccccc2)nn(-c2ccc(F)cc2)c1N. The van der Waals surface area contributed by atoms with Crippen LogP contribution in [-0.2, 0) is 6.42 Å². The third-order valence-electron chi connectivity index (χ3n) is 4.08. The van der Waals surface area contributed by atoms with E-state index in [0.717, 1.165) is 5.69 Å². The Hall–Kier alpha value is -3.13. The topological polar surface area (TPSA) is 118 Å². The third-order valence-corrected chi connectivity index (χ3v) is 4.08. The zero-order valence-corrected chi connectivity index (χ0v) is 17.9. The molecule has 5 N–H and O–H groups in total. The number of aliphatic imine (C=N–C) groups is 1. The molecule has 0 unspecified atom stereocenters. The first-order chi connectivity index (χ1) is 13.6. The summed E-state index contributed by atoms with van der Waals surface area (Å²) in [4.78, 5) is 4.28. The van der Waals surface area contributed by atoms with E-state index in [2.05, 4.69) is 21.5 Å². The second-order valence-corrected chi connectivity index (χ2v) is 6.07. The number of hydrogen-bond acceptors (Lipinski definition) is 4. The van der Waals surface area contributed by atoms with E-state index in [9.17, 15) is 9.65 Å². The van der Waals surface area contributed by atoms with E-state index in [1.807, 2.05) is 30.3 Å². The molecular formula is C20H21FIN7. The van der Waals surface area contributed by atoms with Crippen molar-refractivity contribution in [1.29, 1.82) is 5.26 Å². The third kappa shape index (κ3) is 5.68. The molecule has 0 atom stereocenters. The molecule has 7 nitrogen and oxygen atoms in total. The lowest BCUT2D eigenvalue weighted by Crippen LogP contribution is -2.22. The summed E-state index contributed by atoms with van der Waals surface area (Å²) in [7, 11) is 0. The minimum atomic E-state index is -0.352. The van der Waals surface area contributed by atoms with Crippen LogP contribution in [0.3, 0.4) is 0 Å². The number of guanidine groups is 1. The minimum Gasteiger partial charge on any atom is -0.382 e. The maximum atomic E-state index is 13.1. The van der Waals surface area contributed by atoms with Crippen LogP contribution in [-0.4, -0.2) is 22.3 Å². The molecule has 0 saturated heterocycles. The number of aryl methyl sites for hydroxylation is 1. The van der Waals surface area contributed by atoms with Gasteiger partial charge in [-0.15, -0.1) is 24.0 Å². The van der Waals surface area contributed by atoms with Crippen molar-refractivity contribution in [2.75, 3.05) is 17.6 Å². The Kier molecular flexibility index (Phi) is 7.97.